The first-order valence-electron chi connectivity index (χ1n) is 21.0. The van der Waals surface area contributed by atoms with Gasteiger partial charge in [0.15, 0.2) is 0 Å². The Morgan fingerprint density at radius 2 is 0.652 bits per heavy atom. The van der Waals surface area contributed by atoms with Crippen molar-refractivity contribution >= 4 is 32.5 Å². The molecule has 0 unspecified atom stereocenters. The van der Waals surface area contributed by atoms with Crippen molar-refractivity contribution in [3.05, 3.63) is 115 Å². The number of aliphatic hydroxyl groups excluding tert-OH is 2. The molecule has 0 bridgehead atoms. The molecule has 1 fully saturated rings. The Hall–Kier alpha value is -3.17. The van der Waals surface area contributed by atoms with Gasteiger partial charge in [-0.1, -0.05) is 104 Å². The minimum Gasteiger partial charge on any atom is -0.872 e. The molecule has 0 saturated heterocycles. The van der Waals surface area contributed by atoms with Crippen molar-refractivity contribution in [3.63, 3.8) is 0 Å². The Balaban J connectivity index is -0.000000467. The Morgan fingerprint density at radius 3 is 0.826 bits per heavy atom. The molecular weight excluding hydrogens is 1110 g/mol. The van der Waals surface area contributed by atoms with Crippen molar-refractivity contribution in [3.8, 4) is 23.0 Å². The summed E-state index contributed by atoms with van der Waals surface area (Å²) in [5, 5.41) is 85.3. The van der Waals surface area contributed by atoms with Crippen LogP contribution in [-0.2, 0) is 72.8 Å². The van der Waals surface area contributed by atoms with E-state index in [0.29, 0.717) is 35.1 Å². The zero-order valence-corrected chi connectivity index (χ0v) is 45.0. The van der Waals surface area contributed by atoms with Crippen LogP contribution in [0.25, 0.3) is 0 Å². The molecule has 69 heavy (non-hydrogen) atoms. The van der Waals surface area contributed by atoms with Crippen LogP contribution >= 0.6 is 7.60 Å². The van der Waals surface area contributed by atoms with E-state index in [9.17, 15) is 45.0 Å². The van der Waals surface area contributed by atoms with Crippen LogP contribution in [-0.4, -0.2) is 93.3 Å². The molecule has 20 heteroatoms. The van der Waals surface area contributed by atoms with Gasteiger partial charge in [0.2, 0.25) is 0 Å². The fourth-order valence-corrected chi connectivity index (χ4v) is 7.06. The maximum absolute atomic E-state index is 11.9. The third-order valence-corrected chi connectivity index (χ3v) is 11.8. The van der Waals surface area contributed by atoms with Gasteiger partial charge in [-0.3, -0.25) is 20.0 Å². The van der Waals surface area contributed by atoms with E-state index >= 15 is 0 Å². The van der Waals surface area contributed by atoms with Crippen molar-refractivity contribution < 1.29 is 123 Å². The van der Waals surface area contributed by atoms with Crippen LogP contribution in [0, 0.1) is 55.4 Å². The van der Waals surface area contributed by atoms with Crippen LogP contribution in [0.1, 0.15) is 92.4 Å². The summed E-state index contributed by atoms with van der Waals surface area (Å²) >= 11 is 0. The first kappa shape index (κ1) is 72.4. The summed E-state index contributed by atoms with van der Waals surface area (Å²) in [6.45, 7) is 15.3. The number of aliphatic hydroxyl groups is 2. The molecular formula is C49H63Cu4N4O11P. The van der Waals surface area contributed by atoms with Gasteiger partial charge in [0.1, 0.15) is 0 Å². The molecule has 1 aliphatic rings. The number of hydrogen-bond acceptors (Lipinski definition) is 15. The smallest absolute Gasteiger partial charge is 0.872 e. The molecule has 4 radical (unpaired) electrons. The predicted molar refractivity (Wildman–Crippen MR) is 245 cm³/mol. The molecule has 0 aromatic heterocycles. The topological polar surface area (TPSA) is 291 Å². The minimum absolute atomic E-state index is 0. The van der Waals surface area contributed by atoms with Gasteiger partial charge in [0.05, 0.1) is 0 Å². The summed E-state index contributed by atoms with van der Waals surface area (Å²) in [6, 6.07) is 13.4. The Kier molecular flexibility index (Phi) is 39.4. The number of nitrogens with zero attached hydrogens (tertiary/aromatic N) is 4. The number of rotatable bonds is 13. The summed E-state index contributed by atoms with van der Waals surface area (Å²) in [6.07, 6.45) is 6.72. The van der Waals surface area contributed by atoms with Gasteiger partial charge in [0.25, 0.3) is 0 Å². The molecule has 15 nitrogen and oxygen atoms in total. The summed E-state index contributed by atoms with van der Waals surface area (Å²) in [5.41, 5.74) is 9.17. The zero-order chi connectivity index (χ0) is 49.4. The zero-order valence-electron chi connectivity index (χ0n) is 40.3. The van der Waals surface area contributed by atoms with E-state index in [1.807, 2.05) is 55.4 Å². The largest absolute Gasteiger partial charge is 2.00 e. The average molecular weight is 1170 g/mol. The number of hydrogen-bond donors (Lipinski definition) is 2. The second kappa shape index (κ2) is 37.6. The molecule has 4 aromatic carbocycles. The van der Waals surface area contributed by atoms with Crippen molar-refractivity contribution in [2.75, 3.05) is 40.4 Å². The predicted octanol–water partition coefficient (Wildman–Crippen LogP) is 1.72. The summed E-state index contributed by atoms with van der Waals surface area (Å²) < 4.78 is 10.3. The second-order valence-electron chi connectivity index (χ2n) is 15.6. The third-order valence-electron chi connectivity index (χ3n) is 10.4. The molecule has 1 aliphatic carbocycles. The quantitative estimate of drug-likeness (QED) is 0.110. The van der Waals surface area contributed by atoms with Gasteiger partial charge >= 0.3 is 68.3 Å². The molecule has 1 saturated carbocycles. The fourth-order valence-electron chi connectivity index (χ4n) is 6.06. The molecule has 4 aromatic rings. The average Bonchev–Trinajstić information content (AvgIpc) is 3.81. The number of aliphatic imine (C=N–C) groups is 4. The van der Waals surface area contributed by atoms with E-state index in [1.54, 1.807) is 48.5 Å². The van der Waals surface area contributed by atoms with E-state index in [0.717, 1.165) is 71.6 Å². The SMILES string of the molecule is CO.CO.Cc1cc([O-])c(C=NCC([O-])CN=Cc2cc(C)c(C)cc2[O-])cc1C.Cc1cc([O-])c(C=NCC([O-])CN=Cc2cc(C)c(C)cc2[O-])cc1C.O=P([O-])([O-])C1CCCC1.[Cu+2].[Cu+2].[Cu+2].[Cu+2]. The fraction of sp³-hybridized carbons (Fsp3) is 0.429. The minimum atomic E-state index is -4.21. The van der Waals surface area contributed by atoms with E-state index < -0.39 is 25.5 Å². The van der Waals surface area contributed by atoms with Gasteiger partial charge in [-0.2, -0.15) is 0 Å². The first-order valence-corrected chi connectivity index (χ1v) is 22.6. The third kappa shape index (κ3) is 26.7. The van der Waals surface area contributed by atoms with Gasteiger partial charge in [-0.15, -0.1) is 0 Å². The Bertz CT molecular complexity index is 2010. The van der Waals surface area contributed by atoms with Crippen molar-refractivity contribution in [2.24, 2.45) is 20.0 Å². The van der Waals surface area contributed by atoms with Crippen molar-refractivity contribution in [1.82, 2.24) is 0 Å². The molecule has 0 spiro atoms. The van der Waals surface area contributed by atoms with Gasteiger partial charge in [-0.25, -0.2) is 0 Å². The van der Waals surface area contributed by atoms with Crippen LogP contribution in [0.15, 0.2) is 68.5 Å². The first-order chi connectivity index (χ1) is 30.7. The number of aryl methyl sites for hydroxylation is 8. The Morgan fingerprint density at radius 1 is 0.464 bits per heavy atom. The van der Waals surface area contributed by atoms with E-state index in [2.05, 4.69) is 20.0 Å². The summed E-state index contributed by atoms with van der Waals surface area (Å²) in [7, 11) is -2.21. The molecule has 0 amide bonds. The monoisotopic (exact) mass is 1170 g/mol. The summed E-state index contributed by atoms with van der Waals surface area (Å²) in [4.78, 5) is 36.9. The Labute approximate surface area is 450 Å². The van der Waals surface area contributed by atoms with E-state index in [1.165, 1.54) is 24.9 Å². The van der Waals surface area contributed by atoms with Crippen LogP contribution in [0.3, 0.4) is 0 Å². The van der Waals surface area contributed by atoms with Crippen LogP contribution in [0.2, 0.25) is 0 Å². The van der Waals surface area contributed by atoms with Crippen molar-refractivity contribution in [2.45, 2.75) is 98.9 Å². The van der Waals surface area contributed by atoms with Gasteiger partial charge in [-0.05, 0) is 141 Å². The molecule has 0 heterocycles. The molecule has 2 N–H and O–H groups in total. The molecule has 0 aliphatic heterocycles. The van der Waals surface area contributed by atoms with Gasteiger partial charge in [0, 0.05) is 65.3 Å². The van der Waals surface area contributed by atoms with Crippen LogP contribution in [0.4, 0.5) is 0 Å². The maximum Gasteiger partial charge on any atom is 2.00 e. The normalized spacial score (nSPS) is 12.9. The molecule has 394 valence electrons. The summed E-state index contributed by atoms with van der Waals surface area (Å²) in [5.74, 6) is -0.407. The van der Waals surface area contributed by atoms with Gasteiger partial charge < -0.3 is 55.2 Å². The molecule has 0 atom stereocenters. The van der Waals surface area contributed by atoms with Crippen LogP contribution < -0.4 is 40.4 Å². The number of benzene rings is 4. The van der Waals surface area contributed by atoms with Crippen molar-refractivity contribution in [1.29, 1.82) is 0 Å². The van der Waals surface area contributed by atoms with E-state index in [-0.39, 0.29) is 117 Å². The van der Waals surface area contributed by atoms with Crippen LogP contribution in [0.5, 0.6) is 23.0 Å². The standard InChI is InChI=1S/2C21H25N2O3.C5H11O3P.2CH4O.4Cu/c2*1-13-5-17(20(25)7-15(13)3)9-22-11-19(24)12-23-10-18-6-14(2)16(4)8-21(18)26;6-9(7,8)5-3-1-2-4-5;2*1-2;;;;/h2*5-10,19,25-26H,11-12H2,1-4H3;5H,1-4H2,(H2,6,7,8);2*2H,1H3;;;;/q2*-1;;;;4*+2/p-6. The maximum atomic E-state index is 11.9. The van der Waals surface area contributed by atoms with E-state index in [4.69, 9.17) is 10.2 Å². The molecule has 5 rings (SSSR count). The second-order valence-corrected chi connectivity index (χ2v) is 17.4.